The van der Waals surface area contributed by atoms with Crippen molar-refractivity contribution in [1.29, 1.82) is 0 Å². The number of hydrogen-bond donors (Lipinski definition) is 0. The van der Waals surface area contributed by atoms with Crippen LogP contribution in [0.3, 0.4) is 0 Å². The minimum atomic E-state index is -0.615. The van der Waals surface area contributed by atoms with E-state index in [4.69, 9.17) is 0 Å². The van der Waals surface area contributed by atoms with Gasteiger partial charge in [-0.05, 0) is 19.8 Å². The molecule has 0 aliphatic carbocycles. The van der Waals surface area contributed by atoms with Crippen molar-refractivity contribution in [2.75, 3.05) is 0 Å². The second kappa shape index (κ2) is 9.62. The summed E-state index contributed by atoms with van der Waals surface area (Å²) < 4.78 is 0. The Kier molecular flexibility index (Phi) is 9.02. The van der Waals surface area contributed by atoms with E-state index in [0.29, 0.717) is 5.71 Å². The van der Waals surface area contributed by atoms with Crippen LogP contribution in [0.4, 0.5) is 0 Å². The Labute approximate surface area is 91.9 Å². The molecule has 0 radical (unpaired) electrons. The maximum absolute atomic E-state index is 10.0. The molecule has 0 N–H and O–H groups in total. The number of hydrogen-bond acceptors (Lipinski definition) is 2. The zero-order chi connectivity index (χ0) is 11.5. The molecule has 0 aromatic rings. The second-order valence-corrected chi connectivity index (χ2v) is 3.94. The van der Waals surface area contributed by atoms with Gasteiger partial charge in [-0.3, -0.25) is 0 Å². The topological polar surface area (TPSA) is 55.5 Å². The van der Waals surface area contributed by atoms with Gasteiger partial charge in [-0.25, -0.2) is 10.1 Å². The Morgan fingerprint density at radius 1 is 1.13 bits per heavy atom. The van der Waals surface area contributed by atoms with E-state index in [1.54, 1.807) is 6.92 Å². The molecule has 0 saturated heterocycles. The molecule has 0 amide bonds. The molecule has 0 fully saturated rings. The predicted molar refractivity (Wildman–Crippen MR) is 62.7 cm³/mol. The summed E-state index contributed by atoms with van der Waals surface area (Å²) in [5, 5.41) is 12.7. The highest BCUT2D eigenvalue weighted by Crippen LogP contribution is 2.08. The molecule has 88 valence electrons. The molecule has 0 heterocycles. The van der Waals surface area contributed by atoms with Crippen LogP contribution in [0.1, 0.15) is 65.2 Å². The van der Waals surface area contributed by atoms with Crippen LogP contribution in [-0.4, -0.2) is 10.7 Å². The molecular formula is C11H22N2O2. The number of hydrazone groups is 1. The molecule has 0 aromatic heterocycles. The summed E-state index contributed by atoms with van der Waals surface area (Å²) in [6.07, 6.45) is 9.39. The van der Waals surface area contributed by atoms with Gasteiger partial charge in [0.25, 0.3) is 0 Å². The Morgan fingerprint density at radius 2 is 1.67 bits per heavy atom. The van der Waals surface area contributed by atoms with Crippen LogP contribution in [-0.2, 0) is 0 Å². The Morgan fingerprint density at radius 3 is 2.20 bits per heavy atom. The third kappa shape index (κ3) is 11.0. The van der Waals surface area contributed by atoms with Gasteiger partial charge in [-0.1, -0.05) is 45.4 Å². The smallest absolute Gasteiger partial charge is 0.190 e. The Hall–Kier alpha value is -0.930. The second-order valence-electron chi connectivity index (χ2n) is 3.94. The SMILES string of the molecule is CCCCCCCCCC(C)=N[N+](=O)[O-]. The monoisotopic (exact) mass is 214 g/mol. The van der Waals surface area contributed by atoms with Crippen molar-refractivity contribution in [2.24, 2.45) is 5.10 Å². The van der Waals surface area contributed by atoms with E-state index in [2.05, 4.69) is 12.0 Å². The largest absolute Gasteiger partial charge is 0.233 e. The molecule has 0 aromatic carbocycles. The third-order valence-electron chi connectivity index (χ3n) is 2.39. The average molecular weight is 214 g/mol. The van der Waals surface area contributed by atoms with Crippen LogP contribution in [0.5, 0.6) is 0 Å². The van der Waals surface area contributed by atoms with Crippen LogP contribution in [0, 0.1) is 10.1 Å². The summed E-state index contributed by atoms with van der Waals surface area (Å²) in [5.74, 6) is 0. The van der Waals surface area contributed by atoms with E-state index >= 15 is 0 Å². The Bertz CT molecular complexity index is 203. The quantitative estimate of drug-likeness (QED) is 0.254. The van der Waals surface area contributed by atoms with E-state index in [0.717, 1.165) is 19.3 Å². The van der Waals surface area contributed by atoms with Gasteiger partial charge < -0.3 is 0 Å². The number of nitrogens with zero attached hydrogens (tertiary/aromatic N) is 2. The van der Waals surface area contributed by atoms with Crippen LogP contribution >= 0.6 is 0 Å². The standard InChI is InChI=1S/C11H22N2O2/c1-3-4-5-6-7-8-9-10-11(2)12-13(14)15/h3-10H2,1-2H3. The molecule has 0 bridgehead atoms. The van der Waals surface area contributed by atoms with E-state index in [9.17, 15) is 10.1 Å². The van der Waals surface area contributed by atoms with E-state index in [1.807, 2.05) is 0 Å². The molecule has 0 atom stereocenters. The number of unbranched alkanes of at least 4 members (excludes halogenated alkanes) is 6. The lowest BCUT2D eigenvalue weighted by Crippen LogP contribution is -1.96. The highest BCUT2D eigenvalue weighted by Gasteiger charge is 1.98. The number of rotatable bonds is 9. The van der Waals surface area contributed by atoms with Gasteiger partial charge in [-0.2, -0.15) is 0 Å². The molecule has 0 rings (SSSR count). The number of nitro groups is 1. The molecule has 0 saturated carbocycles. The van der Waals surface area contributed by atoms with E-state index in [-0.39, 0.29) is 0 Å². The average Bonchev–Trinajstić information content (AvgIpc) is 2.15. The normalized spacial score (nSPS) is 11.7. The molecule has 4 heteroatoms. The first kappa shape index (κ1) is 14.1. The van der Waals surface area contributed by atoms with E-state index in [1.165, 1.54) is 32.1 Å². The lowest BCUT2D eigenvalue weighted by atomic mass is 10.1. The molecule has 0 aliphatic rings. The van der Waals surface area contributed by atoms with Crippen LogP contribution in [0.15, 0.2) is 5.10 Å². The van der Waals surface area contributed by atoms with Gasteiger partial charge in [0.05, 0.1) is 10.8 Å². The minimum absolute atomic E-state index is 0.615. The van der Waals surface area contributed by atoms with Crippen LogP contribution in [0.25, 0.3) is 0 Å². The summed E-state index contributed by atoms with van der Waals surface area (Å²) in [5.41, 5.74) is 0.633. The fourth-order valence-electron chi connectivity index (χ4n) is 1.53. The summed E-state index contributed by atoms with van der Waals surface area (Å²) in [7, 11) is 0. The van der Waals surface area contributed by atoms with Crippen LogP contribution < -0.4 is 0 Å². The highest BCUT2D eigenvalue weighted by molar-refractivity contribution is 5.81. The molecule has 0 spiro atoms. The van der Waals surface area contributed by atoms with Crippen molar-refractivity contribution in [3.8, 4) is 0 Å². The van der Waals surface area contributed by atoms with Gasteiger partial charge in [-0.15, -0.1) is 0 Å². The minimum Gasteiger partial charge on any atom is -0.233 e. The van der Waals surface area contributed by atoms with Gasteiger partial charge in [0.1, 0.15) is 0 Å². The summed E-state index contributed by atoms with van der Waals surface area (Å²) >= 11 is 0. The van der Waals surface area contributed by atoms with Gasteiger partial charge in [0.15, 0.2) is 5.03 Å². The zero-order valence-corrected chi connectivity index (χ0v) is 9.87. The first-order chi connectivity index (χ1) is 7.16. The lowest BCUT2D eigenvalue weighted by Gasteiger charge is -1.99. The van der Waals surface area contributed by atoms with Crippen molar-refractivity contribution in [3.63, 3.8) is 0 Å². The fraction of sp³-hybridized carbons (Fsp3) is 0.909. The third-order valence-corrected chi connectivity index (χ3v) is 2.39. The lowest BCUT2D eigenvalue weighted by molar-refractivity contribution is -0.485. The maximum Gasteiger partial charge on any atom is 0.190 e. The van der Waals surface area contributed by atoms with Crippen molar-refractivity contribution in [3.05, 3.63) is 10.1 Å². The fourth-order valence-corrected chi connectivity index (χ4v) is 1.53. The molecule has 0 unspecified atom stereocenters. The van der Waals surface area contributed by atoms with Gasteiger partial charge >= 0.3 is 0 Å². The van der Waals surface area contributed by atoms with Crippen molar-refractivity contribution in [2.45, 2.75) is 65.2 Å². The molecule has 0 aliphatic heterocycles. The first-order valence-electron chi connectivity index (χ1n) is 5.85. The van der Waals surface area contributed by atoms with Crippen LogP contribution in [0.2, 0.25) is 0 Å². The first-order valence-corrected chi connectivity index (χ1v) is 5.85. The zero-order valence-electron chi connectivity index (χ0n) is 9.87. The van der Waals surface area contributed by atoms with Crippen molar-refractivity contribution >= 4 is 5.71 Å². The summed E-state index contributed by atoms with van der Waals surface area (Å²) in [6, 6.07) is 0. The van der Waals surface area contributed by atoms with Crippen molar-refractivity contribution < 1.29 is 5.03 Å². The maximum atomic E-state index is 10.0. The highest BCUT2D eigenvalue weighted by atomic mass is 16.7. The van der Waals surface area contributed by atoms with Gasteiger partial charge in [0.2, 0.25) is 0 Å². The summed E-state index contributed by atoms with van der Waals surface area (Å²) in [6.45, 7) is 3.93. The predicted octanol–water partition coefficient (Wildman–Crippen LogP) is 3.78. The van der Waals surface area contributed by atoms with E-state index < -0.39 is 5.03 Å². The molecule has 4 nitrogen and oxygen atoms in total. The van der Waals surface area contributed by atoms with Crippen molar-refractivity contribution in [1.82, 2.24) is 0 Å². The van der Waals surface area contributed by atoms with Gasteiger partial charge in [0, 0.05) is 0 Å². The summed E-state index contributed by atoms with van der Waals surface area (Å²) in [4.78, 5) is 10.0. The Balaban J connectivity index is 3.27. The molecule has 15 heavy (non-hydrogen) atoms. The molecular weight excluding hydrogens is 192 g/mol.